The smallest absolute Gasteiger partial charge is 0.231 e. The minimum Gasteiger partial charge on any atom is -0.344 e. The highest BCUT2D eigenvalue weighted by molar-refractivity contribution is 5.82. The molecule has 138 valence electrons. The largest absolute Gasteiger partial charge is 0.344 e. The first-order valence-electron chi connectivity index (χ1n) is 9.44. The number of likely N-dealkylation sites (tertiary alicyclic amines) is 1. The molecule has 1 aromatic heterocycles. The molecule has 5 nitrogen and oxygen atoms in total. The molecule has 1 amide bonds. The molecule has 0 aliphatic carbocycles. The number of piperidine rings is 1. The van der Waals surface area contributed by atoms with Gasteiger partial charge < -0.3 is 4.90 Å². The molecule has 1 fully saturated rings. The summed E-state index contributed by atoms with van der Waals surface area (Å²) in [5.41, 5.74) is 2.07. The van der Waals surface area contributed by atoms with Gasteiger partial charge in [-0.25, -0.2) is 0 Å². The summed E-state index contributed by atoms with van der Waals surface area (Å²) in [4.78, 5) is 25.6. The van der Waals surface area contributed by atoms with Gasteiger partial charge in [0.15, 0.2) is 0 Å². The van der Waals surface area contributed by atoms with E-state index in [0.29, 0.717) is 6.04 Å². The molecule has 0 bridgehead atoms. The van der Waals surface area contributed by atoms with E-state index in [4.69, 9.17) is 0 Å². The van der Waals surface area contributed by atoms with Crippen molar-refractivity contribution in [2.24, 2.45) is 0 Å². The number of aromatic nitrogens is 2. The quantitative estimate of drug-likeness (QED) is 0.802. The minimum absolute atomic E-state index is 0.107. The summed E-state index contributed by atoms with van der Waals surface area (Å²) in [7, 11) is 1.91. The summed E-state index contributed by atoms with van der Waals surface area (Å²) in [6.07, 6.45) is 8.56. The van der Waals surface area contributed by atoms with Crippen molar-refractivity contribution in [1.82, 2.24) is 19.8 Å². The van der Waals surface area contributed by atoms with Gasteiger partial charge in [0.1, 0.15) is 0 Å². The predicted octanol–water partition coefficient (Wildman–Crippen LogP) is 3.09. The average Bonchev–Trinajstić information content (AvgIpc) is 2.69. The Balaban J connectivity index is 1.62. The zero-order chi connectivity index (χ0) is 18.4. The van der Waals surface area contributed by atoms with E-state index in [2.05, 4.69) is 45.2 Å². The van der Waals surface area contributed by atoms with Crippen LogP contribution in [-0.4, -0.2) is 51.9 Å². The molecule has 3 rings (SSSR count). The van der Waals surface area contributed by atoms with Crippen LogP contribution < -0.4 is 0 Å². The van der Waals surface area contributed by atoms with Crippen molar-refractivity contribution in [3.63, 3.8) is 0 Å². The number of benzene rings is 1. The van der Waals surface area contributed by atoms with Crippen LogP contribution in [0.4, 0.5) is 0 Å². The summed E-state index contributed by atoms with van der Waals surface area (Å²) in [6.45, 7) is 4.72. The maximum Gasteiger partial charge on any atom is 0.231 e. The van der Waals surface area contributed by atoms with E-state index in [9.17, 15) is 4.79 Å². The second-order valence-corrected chi connectivity index (χ2v) is 7.18. The molecule has 0 N–H and O–H groups in total. The molecule has 0 radical (unpaired) electrons. The lowest BCUT2D eigenvalue weighted by molar-refractivity contribution is -0.132. The Morgan fingerprint density at radius 3 is 2.81 bits per heavy atom. The van der Waals surface area contributed by atoms with Crippen LogP contribution in [0.1, 0.15) is 43.4 Å². The Kier molecular flexibility index (Phi) is 6.34. The van der Waals surface area contributed by atoms with Gasteiger partial charge in [0.05, 0.1) is 11.6 Å². The highest BCUT2D eigenvalue weighted by Crippen LogP contribution is 2.22. The SMILES string of the molecule is CC(C(=O)N(C)C[C@@H]1CCCCN1Cc1ccccc1)c1cnccn1. The van der Waals surface area contributed by atoms with Gasteiger partial charge in [-0.15, -0.1) is 0 Å². The number of hydrogen-bond acceptors (Lipinski definition) is 4. The predicted molar refractivity (Wildman–Crippen MR) is 103 cm³/mol. The number of hydrogen-bond donors (Lipinski definition) is 0. The summed E-state index contributed by atoms with van der Waals surface area (Å²) < 4.78 is 0. The van der Waals surface area contributed by atoms with Gasteiger partial charge in [0.25, 0.3) is 0 Å². The fourth-order valence-corrected chi connectivity index (χ4v) is 3.69. The third-order valence-electron chi connectivity index (χ3n) is 5.24. The summed E-state index contributed by atoms with van der Waals surface area (Å²) in [6, 6.07) is 11.0. The molecule has 2 heterocycles. The topological polar surface area (TPSA) is 49.3 Å². The Labute approximate surface area is 156 Å². The number of carbonyl (C=O) groups is 1. The molecule has 1 unspecified atom stereocenters. The van der Waals surface area contributed by atoms with Gasteiger partial charge in [-0.1, -0.05) is 36.8 Å². The Bertz CT molecular complexity index is 692. The van der Waals surface area contributed by atoms with E-state index in [0.717, 1.165) is 31.7 Å². The van der Waals surface area contributed by atoms with Crippen molar-refractivity contribution in [2.75, 3.05) is 20.1 Å². The second kappa shape index (κ2) is 8.90. The third-order valence-corrected chi connectivity index (χ3v) is 5.24. The van der Waals surface area contributed by atoms with E-state index in [1.807, 2.05) is 18.9 Å². The van der Waals surface area contributed by atoms with Crippen LogP contribution in [0.5, 0.6) is 0 Å². The van der Waals surface area contributed by atoms with Gasteiger partial charge >= 0.3 is 0 Å². The van der Waals surface area contributed by atoms with Gasteiger partial charge in [0, 0.05) is 44.8 Å². The molecule has 0 spiro atoms. The second-order valence-electron chi connectivity index (χ2n) is 7.18. The van der Waals surface area contributed by atoms with E-state index in [-0.39, 0.29) is 11.8 Å². The Morgan fingerprint density at radius 1 is 1.27 bits per heavy atom. The summed E-state index contributed by atoms with van der Waals surface area (Å²) >= 11 is 0. The lowest BCUT2D eigenvalue weighted by Crippen LogP contribution is -2.47. The number of amides is 1. The van der Waals surface area contributed by atoms with Crippen molar-refractivity contribution >= 4 is 5.91 Å². The molecule has 0 saturated carbocycles. The number of likely N-dealkylation sites (N-methyl/N-ethyl adjacent to an activating group) is 1. The van der Waals surface area contributed by atoms with E-state index >= 15 is 0 Å². The first kappa shape index (κ1) is 18.5. The molecule has 1 aliphatic rings. The van der Waals surface area contributed by atoms with Crippen molar-refractivity contribution < 1.29 is 4.79 Å². The number of rotatable bonds is 6. The molecule has 1 aliphatic heterocycles. The van der Waals surface area contributed by atoms with Gasteiger partial charge in [-0.3, -0.25) is 19.7 Å². The van der Waals surface area contributed by atoms with Gasteiger partial charge in [0.2, 0.25) is 5.91 Å². The van der Waals surface area contributed by atoms with Gasteiger partial charge in [-0.05, 0) is 31.9 Å². The zero-order valence-corrected chi connectivity index (χ0v) is 15.7. The Hall–Kier alpha value is -2.27. The number of carbonyl (C=O) groups excluding carboxylic acids is 1. The van der Waals surface area contributed by atoms with Crippen LogP contribution in [0.25, 0.3) is 0 Å². The summed E-state index contributed by atoms with van der Waals surface area (Å²) in [5.74, 6) is -0.157. The normalized spacial score (nSPS) is 19.1. The van der Waals surface area contributed by atoms with Crippen LogP contribution in [0, 0.1) is 0 Å². The van der Waals surface area contributed by atoms with Crippen LogP contribution >= 0.6 is 0 Å². The van der Waals surface area contributed by atoms with Crippen molar-refractivity contribution in [2.45, 2.75) is 44.7 Å². The average molecular weight is 352 g/mol. The highest BCUT2D eigenvalue weighted by atomic mass is 16.2. The minimum atomic E-state index is -0.264. The maximum absolute atomic E-state index is 12.8. The molecule has 2 atom stereocenters. The van der Waals surface area contributed by atoms with Crippen LogP contribution in [-0.2, 0) is 11.3 Å². The maximum atomic E-state index is 12.8. The standard InChI is InChI=1S/C21H28N4O/c1-17(20-14-22-11-12-23-20)21(26)24(2)16-19-10-6-7-13-25(19)15-18-8-4-3-5-9-18/h3-5,8-9,11-12,14,17,19H,6-7,10,13,15-16H2,1-2H3/t17?,19-/m0/s1. The summed E-state index contributed by atoms with van der Waals surface area (Å²) in [5, 5.41) is 0. The Morgan fingerprint density at radius 2 is 2.08 bits per heavy atom. The molecule has 1 aromatic carbocycles. The molecule has 1 saturated heterocycles. The van der Waals surface area contributed by atoms with E-state index in [1.54, 1.807) is 18.6 Å². The fourth-order valence-electron chi connectivity index (χ4n) is 3.69. The first-order chi connectivity index (χ1) is 12.6. The van der Waals surface area contributed by atoms with Crippen LogP contribution in [0.2, 0.25) is 0 Å². The molecule has 2 aromatic rings. The third kappa shape index (κ3) is 4.67. The van der Waals surface area contributed by atoms with Crippen molar-refractivity contribution in [1.29, 1.82) is 0 Å². The van der Waals surface area contributed by atoms with Crippen molar-refractivity contribution in [3.8, 4) is 0 Å². The molecule has 26 heavy (non-hydrogen) atoms. The van der Waals surface area contributed by atoms with E-state index in [1.165, 1.54) is 18.4 Å². The molecular formula is C21H28N4O. The van der Waals surface area contributed by atoms with Crippen molar-refractivity contribution in [3.05, 3.63) is 60.2 Å². The molecular weight excluding hydrogens is 324 g/mol. The first-order valence-corrected chi connectivity index (χ1v) is 9.44. The zero-order valence-electron chi connectivity index (χ0n) is 15.7. The van der Waals surface area contributed by atoms with Crippen LogP contribution in [0.3, 0.4) is 0 Å². The highest BCUT2D eigenvalue weighted by Gasteiger charge is 2.27. The molecule has 5 heteroatoms. The lowest BCUT2D eigenvalue weighted by atomic mass is 9.99. The lowest BCUT2D eigenvalue weighted by Gasteiger charge is -2.38. The van der Waals surface area contributed by atoms with E-state index < -0.39 is 0 Å². The van der Waals surface area contributed by atoms with Crippen LogP contribution in [0.15, 0.2) is 48.9 Å². The number of nitrogens with zero attached hydrogens (tertiary/aromatic N) is 4. The fraction of sp³-hybridized carbons (Fsp3) is 0.476. The van der Waals surface area contributed by atoms with Gasteiger partial charge in [-0.2, -0.15) is 0 Å². The monoisotopic (exact) mass is 352 g/mol.